The van der Waals surface area contributed by atoms with Crippen LogP contribution in [0.5, 0.6) is 0 Å². The van der Waals surface area contributed by atoms with E-state index in [4.69, 9.17) is 15.9 Å². The molecule has 0 aromatic carbocycles. The third-order valence-corrected chi connectivity index (χ3v) is 2.13. The molecular formula is C9H17N5O2. The van der Waals surface area contributed by atoms with E-state index in [2.05, 4.69) is 20.6 Å². The van der Waals surface area contributed by atoms with Crippen LogP contribution in [0.1, 0.15) is 6.92 Å². The lowest BCUT2D eigenvalue weighted by Gasteiger charge is -2.26. The van der Waals surface area contributed by atoms with Crippen LogP contribution in [-0.4, -0.2) is 46.0 Å². The molecule has 0 saturated carbocycles. The Morgan fingerprint density at radius 3 is 2.38 bits per heavy atom. The molecule has 7 nitrogen and oxygen atoms in total. The number of aromatic nitrogens is 2. The molecule has 0 atom stereocenters. The van der Waals surface area contributed by atoms with Gasteiger partial charge < -0.3 is 26.6 Å². The standard InChI is InChI=1S/C9H17N5O2/c1-9(4-15,5-16)14-7-3-6(11-2)12-8(10)13-7/h3,15-16H,4-5H2,1-2H3,(H4,10,11,12,13,14). The van der Waals surface area contributed by atoms with Crippen molar-refractivity contribution >= 4 is 17.6 Å². The van der Waals surface area contributed by atoms with Gasteiger partial charge in [0.05, 0.1) is 18.8 Å². The fraction of sp³-hybridized carbons (Fsp3) is 0.556. The molecule has 0 saturated heterocycles. The van der Waals surface area contributed by atoms with Crippen molar-refractivity contribution in [1.29, 1.82) is 0 Å². The first-order valence-corrected chi connectivity index (χ1v) is 4.85. The fourth-order valence-corrected chi connectivity index (χ4v) is 1.10. The SMILES string of the molecule is CNc1cc(NC(C)(CO)CO)nc(N)n1. The number of aliphatic hydroxyl groups is 2. The van der Waals surface area contributed by atoms with Crippen LogP contribution in [0, 0.1) is 0 Å². The van der Waals surface area contributed by atoms with Crippen LogP contribution in [0.25, 0.3) is 0 Å². The van der Waals surface area contributed by atoms with Crippen molar-refractivity contribution in [3.05, 3.63) is 6.07 Å². The van der Waals surface area contributed by atoms with E-state index >= 15 is 0 Å². The average Bonchev–Trinajstić information content (AvgIpc) is 2.28. The fourth-order valence-electron chi connectivity index (χ4n) is 1.10. The second-order valence-electron chi connectivity index (χ2n) is 3.75. The highest BCUT2D eigenvalue weighted by Crippen LogP contribution is 2.16. The number of hydrogen-bond acceptors (Lipinski definition) is 7. The highest BCUT2D eigenvalue weighted by molar-refractivity contribution is 5.51. The molecule has 7 heteroatoms. The minimum absolute atomic E-state index is 0.118. The summed E-state index contributed by atoms with van der Waals surface area (Å²) in [6.45, 7) is 1.23. The Labute approximate surface area is 93.7 Å². The molecule has 0 aliphatic carbocycles. The van der Waals surface area contributed by atoms with Crippen LogP contribution in [0.2, 0.25) is 0 Å². The summed E-state index contributed by atoms with van der Waals surface area (Å²) in [5.74, 6) is 1.13. The summed E-state index contributed by atoms with van der Waals surface area (Å²) in [5.41, 5.74) is 4.67. The molecule has 0 bridgehead atoms. The molecule has 0 radical (unpaired) electrons. The predicted molar refractivity (Wildman–Crippen MR) is 62.2 cm³/mol. The van der Waals surface area contributed by atoms with Crippen molar-refractivity contribution in [2.24, 2.45) is 0 Å². The van der Waals surface area contributed by atoms with Gasteiger partial charge in [-0.25, -0.2) is 0 Å². The lowest BCUT2D eigenvalue weighted by Crippen LogP contribution is -2.42. The molecule has 0 spiro atoms. The minimum Gasteiger partial charge on any atom is -0.394 e. The Morgan fingerprint density at radius 2 is 1.88 bits per heavy atom. The van der Waals surface area contributed by atoms with Crippen molar-refractivity contribution in [3.8, 4) is 0 Å². The van der Waals surface area contributed by atoms with Gasteiger partial charge in [-0.1, -0.05) is 0 Å². The maximum absolute atomic E-state index is 9.13. The molecule has 1 aromatic rings. The van der Waals surface area contributed by atoms with Crippen LogP contribution >= 0.6 is 0 Å². The summed E-state index contributed by atoms with van der Waals surface area (Å²) in [6.07, 6.45) is 0. The van der Waals surface area contributed by atoms with E-state index in [9.17, 15) is 0 Å². The molecule has 1 heterocycles. The third-order valence-electron chi connectivity index (χ3n) is 2.13. The summed E-state index contributed by atoms with van der Waals surface area (Å²) < 4.78 is 0. The van der Waals surface area contributed by atoms with Crippen LogP contribution in [0.4, 0.5) is 17.6 Å². The van der Waals surface area contributed by atoms with Gasteiger partial charge in [0.1, 0.15) is 11.6 Å². The predicted octanol–water partition coefficient (Wildman–Crippen LogP) is -0.744. The first-order valence-electron chi connectivity index (χ1n) is 4.85. The molecule has 0 aliphatic rings. The maximum Gasteiger partial charge on any atom is 0.223 e. The van der Waals surface area contributed by atoms with Crippen molar-refractivity contribution < 1.29 is 10.2 Å². The van der Waals surface area contributed by atoms with Gasteiger partial charge >= 0.3 is 0 Å². The number of hydrogen-bond donors (Lipinski definition) is 5. The Kier molecular flexibility index (Phi) is 3.86. The van der Waals surface area contributed by atoms with Crippen molar-refractivity contribution in [1.82, 2.24) is 9.97 Å². The molecule has 0 aliphatic heterocycles. The number of aliphatic hydroxyl groups excluding tert-OH is 2. The molecule has 0 amide bonds. The van der Waals surface area contributed by atoms with Gasteiger partial charge in [0, 0.05) is 13.1 Å². The van der Waals surface area contributed by atoms with Gasteiger partial charge in [-0.05, 0) is 6.92 Å². The Bertz CT molecular complexity index is 354. The van der Waals surface area contributed by atoms with E-state index in [-0.39, 0.29) is 19.2 Å². The number of nitrogens with two attached hydrogens (primary N) is 1. The topological polar surface area (TPSA) is 116 Å². The molecule has 1 rings (SSSR count). The number of nitrogens with one attached hydrogen (secondary N) is 2. The van der Waals surface area contributed by atoms with Crippen LogP contribution in [-0.2, 0) is 0 Å². The van der Waals surface area contributed by atoms with E-state index in [0.717, 1.165) is 0 Å². The van der Waals surface area contributed by atoms with Crippen molar-refractivity contribution in [2.45, 2.75) is 12.5 Å². The van der Waals surface area contributed by atoms with E-state index in [1.165, 1.54) is 0 Å². The van der Waals surface area contributed by atoms with Gasteiger partial charge in [0.25, 0.3) is 0 Å². The number of nitrogen functional groups attached to an aromatic ring is 1. The monoisotopic (exact) mass is 227 g/mol. The first kappa shape index (κ1) is 12.5. The molecule has 0 unspecified atom stereocenters. The molecular weight excluding hydrogens is 210 g/mol. The molecule has 90 valence electrons. The van der Waals surface area contributed by atoms with Crippen LogP contribution in [0.15, 0.2) is 6.07 Å². The van der Waals surface area contributed by atoms with Crippen molar-refractivity contribution in [3.63, 3.8) is 0 Å². The summed E-state index contributed by atoms with van der Waals surface area (Å²) >= 11 is 0. The number of rotatable bonds is 5. The van der Waals surface area contributed by atoms with E-state index in [1.54, 1.807) is 20.0 Å². The van der Waals surface area contributed by atoms with Crippen LogP contribution in [0.3, 0.4) is 0 Å². The molecule has 6 N–H and O–H groups in total. The number of nitrogens with zero attached hydrogens (tertiary/aromatic N) is 2. The lowest BCUT2D eigenvalue weighted by atomic mass is 10.1. The zero-order valence-electron chi connectivity index (χ0n) is 9.36. The summed E-state index contributed by atoms with van der Waals surface area (Å²) in [7, 11) is 1.71. The zero-order chi connectivity index (χ0) is 12.2. The second kappa shape index (κ2) is 4.95. The first-order chi connectivity index (χ1) is 7.53. The van der Waals surface area contributed by atoms with Crippen LogP contribution < -0.4 is 16.4 Å². The van der Waals surface area contributed by atoms with E-state index in [0.29, 0.717) is 11.6 Å². The van der Waals surface area contributed by atoms with Gasteiger partial charge in [0.2, 0.25) is 5.95 Å². The normalized spacial score (nSPS) is 11.2. The molecule has 1 aromatic heterocycles. The summed E-state index contributed by atoms with van der Waals surface area (Å²) in [4.78, 5) is 7.88. The smallest absolute Gasteiger partial charge is 0.223 e. The minimum atomic E-state index is -0.841. The zero-order valence-corrected chi connectivity index (χ0v) is 9.36. The summed E-state index contributed by atoms with van der Waals surface area (Å²) in [6, 6.07) is 1.64. The average molecular weight is 227 g/mol. The van der Waals surface area contributed by atoms with Gasteiger partial charge in [-0.3, -0.25) is 0 Å². The summed E-state index contributed by atoms with van der Waals surface area (Å²) in [5, 5.41) is 24.0. The van der Waals surface area contributed by atoms with E-state index < -0.39 is 5.54 Å². The Hall–Kier alpha value is -1.60. The molecule has 16 heavy (non-hydrogen) atoms. The second-order valence-corrected chi connectivity index (χ2v) is 3.75. The van der Waals surface area contributed by atoms with Gasteiger partial charge in [0.15, 0.2) is 0 Å². The van der Waals surface area contributed by atoms with Gasteiger partial charge in [-0.15, -0.1) is 0 Å². The van der Waals surface area contributed by atoms with Gasteiger partial charge in [-0.2, -0.15) is 9.97 Å². The third kappa shape index (κ3) is 2.94. The maximum atomic E-state index is 9.13. The largest absolute Gasteiger partial charge is 0.394 e. The highest BCUT2D eigenvalue weighted by Gasteiger charge is 2.22. The van der Waals surface area contributed by atoms with E-state index in [1.807, 2.05) is 0 Å². The quantitative estimate of drug-likeness (QED) is 0.449. The number of anilines is 3. The van der Waals surface area contributed by atoms with Crippen molar-refractivity contribution in [2.75, 3.05) is 36.6 Å². The molecule has 0 fully saturated rings. The highest BCUT2D eigenvalue weighted by atomic mass is 16.3. The lowest BCUT2D eigenvalue weighted by molar-refractivity contribution is 0.147. The Balaban J connectivity index is 2.92. The Morgan fingerprint density at radius 1 is 1.31 bits per heavy atom.